The molecule has 0 saturated heterocycles. The third-order valence-electron chi connectivity index (χ3n) is 5.45. The van der Waals surface area contributed by atoms with Crippen molar-refractivity contribution in [2.75, 3.05) is 13.7 Å². The number of carboxylic acid groups (broad SMARTS) is 1. The molecule has 0 aliphatic heterocycles. The number of aromatic nitrogens is 1. The summed E-state index contributed by atoms with van der Waals surface area (Å²) in [6.07, 6.45) is 7.91. The van der Waals surface area contributed by atoms with Gasteiger partial charge in [-0.15, -0.1) is 0 Å². The molecule has 2 aliphatic rings. The summed E-state index contributed by atoms with van der Waals surface area (Å²) in [6.45, 7) is 2.26. The number of carbonyl (C=O) groups is 1. The van der Waals surface area contributed by atoms with Crippen molar-refractivity contribution in [3.63, 3.8) is 0 Å². The molecule has 0 bridgehead atoms. The molecule has 5 nitrogen and oxygen atoms in total. The first-order valence-corrected chi connectivity index (χ1v) is 10.6. The Labute approximate surface area is 177 Å². The highest BCUT2D eigenvalue weighted by molar-refractivity contribution is 5.69. The molecule has 2 aliphatic carbocycles. The number of pyridine rings is 1. The highest BCUT2D eigenvalue weighted by Crippen LogP contribution is 2.43. The Hall–Kier alpha value is -2.63. The van der Waals surface area contributed by atoms with Gasteiger partial charge < -0.3 is 14.6 Å². The van der Waals surface area contributed by atoms with Crippen LogP contribution in [0.1, 0.15) is 56.1 Å². The Morgan fingerprint density at radius 2 is 2.00 bits per heavy atom. The topological polar surface area (TPSA) is 68.7 Å². The lowest BCUT2D eigenvalue weighted by Crippen LogP contribution is -2.28. The maximum atomic E-state index is 14.0. The van der Waals surface area contributed by atoms with Crippen LogP contribution in [0.3, 0.4) is 0 Å². The Kier molecular flexibility index (Phi) is 7.66. The van der Waals surface area contributed by atoms with Gasteiger partial charge in [-0.2, -0.15) is 0 Å². The molecule has 1 heterocycles. The fourth-order valence-corrected chi connectivity index (χ4v) is 3.40. The van der Waals surface area contributed by atoms with Gasteiger partial charge >= 0.3 is 5.97 Å². The van der Waals surface area contributed by atoms with E-state index in [4.69, 9.17) is 14.6 Å². The van der Waals surface area contributed by atoms with Crippen LogP contribution in [0.5, 0.6) is 11.6 Å². The summed E-state index contributed by atoms with van der Waals surface area (Å²) >= 11 is 0. The summed E-state index contributed by atoms with van der Waals surface area (Å²) in [7, 11) is 1.52. The summed E-state index contributed by atoms with van der Waals surface area (Å²) < 4.78 is 24.9. The minimum Gasteiger partial charge on any atom is -0.493 e. The van der Waals surface area contributed by atoms with Crippen molar-refractivity contribution in [1.82, 2.24) is 4.98 Å². The quantitative estimate of drug-likeness (QED) is 0.639. The van der Waals surface area contributed by atoms with E-state index >= 15 is 0 Å². The highest BCUT2D eigenvalue weighted by atomic mass is 19.1. The van der Waals surface area contributed by atoms with Crippen LogP contribution in [-0.2, 0) is 11.2 Å². The van der Waals surface area contributed by atoms with Crippen LogP contribution in [0.4, 0.5) is 4.39 Å². The summed E-state index contributed by atoms with van der Waals surface area (Å²) in [6, 6.07) is 9.22. The van der Waals surface area contributed by atoms with Crippen LogP contribution in [-0.4, -0.2) is 29.8 Å². The van der Waals surface area contributed by atoms with E-state index in [2.05, 4.69) is 4.98 Å². The first-order valence-electron chi connectivity index (χ1n) is 10.6. The van der Waals surface area contributed by atoms with Gasteiger partial charge in [-0.05, 0) is 54.4 Å². The van der Waals surface area contributed by atoms with E-state index in [0.717, 1.165) is 24.2 Å². The normalized spacial score (nSPS) is 20.2. The monoisotopic (exact) mass is 415 g/mol. The summed E-state index contributed by atoms with van der Waals surface area (Å²) in [5, 5.41) is 9.03. The van der Waals surface area contributed by atoms with E-state index in [1.165, 1.54) is 32.6 Å². The number of aliphatic carboxylic acids is 1. The molecule has 6 heteroatoms. The van der Waals surface area contributed by atoms with Crippen LogP contribution in [0.2, 0.25) is 0 Å². The van der Waals surface area contributed by atoms with E-state index in [1.54, 1.807) is 13.0 Å². The van der Waals surface area contributed by atoms with Gasteiger partial charge in [0, 0.05) is 6.07 Å². The van der Waals surface area contributed by atoms with Crippen LogP contribution in [0.25, 0.3) is 0 Å². The average Bonchev–Trinajstić information content (AvgIpc) is 3.57. The lowest BCUT2D eigenvalue weighted by Gasteiger charge is -2.35. The molecule has 30 heavy (non-hydrogen) atoms. The molecular weight excluding hydrogens is 385 g/mol. The summed E-state index contributed by atoms with van der Waals surface area (Å²) in [5.41, 5.74) is 1.60. The third kappa shape index (κ3) is 6.44. The predicted molar refractivity (Wildman–Crippen MR) is 113 cm³/mol. The second-order valence-corrected chi connectivity index (χ2v) is 8.25. The fraction of sp³-hybridized carbons (Fsp3) is 0.500. The van der Waals surface area contributed by atoms with Crippen LogP contribution in [0, 0.1) is 17.7 Å². The molecule has 2 saturated carbocycles. The zero-order valence-electron chi connectivity index (χ0n) is 17.6. The molecular formula is C24H30FNO4. The van der Waals surface area contributed by atoms with Gasteiger partial charge in [0.25, 0.3) is 0 Å². The molecule has 1 atom stereocenters. The number of halogens is 1. The predicted octanol–water partition coefficient (Wildman–Crippen LogP) is 5.24. The van der Waals surface area contributed by atoms with Crippen LogP contribution >= 0.6 is 0 Å². The smallest absolute Gasteiger partial charge is 0.306 e. The molecule has 2 fully saturated rings. The number of hydrogen-bond donors (Lipinski definition) is 1. The highest BCUT2D eigenvalue weighted by Gasteiger charge is 2.33. The minimum atomic E-state index is -0.804. The van der Waals surface area contributed by atoms with Crippen molar-refractivity contribution in [2.45, 2.75) is 51.4 Å². The maximum Gasteiger partial charge on any atom is 0.306 e. The molecule has 0 spiro atoms. The van der Waals surface area contributed by atoms with E-state index in [0.29, 0.717) is 30.4 Å². The molecule has 1 N–H and O–H groups in total. The van der Waals surface area contributed by atoms with Gasteiger partial charge in [0.1, 0.15) is 11.6 Å². The second kappa shape index (κ2) is 10.4. The minimum absolute atomic E-state index is 0.165. The molecule has 1 aromatic carbocycles. The van der Waals surface area contributed by atoms with E-state index in [-0.39, 0.29) is 11.7 Å². The number of methoxy groups -OCH3 is 1. The van der Waals surface area contributed by atoms with Gasteiger partial charge in [0.05, 0.1) is 25.8 Å². The van der Waals surface area contributed by atoms with Gasteiger partial charge in [0.2, 0.25) is 5.88 Å². The zero-order chi connectivity index (χ0) is 21.5. The first kappa shape index (κ1) is 22.1. The lowest BCUT2D eigenvalue weighted by atomic mass is 9.72. The fourth-order valence-electron chi connectivity index (χ4n) is 3.40. The van der Waals surface area contributed by atoms with Crippen molar-refractivity contribution < 1.29 is 23.8 Å². The summed E-state index contributed by atoms with van der Waals surface area (Å²) in [4.78, 5) is 14.9. The SMILES string of the molecule is C1CC1.COc1cc(C2CC(COc3cccc(CC(C)C(=O)O)c3)C2)c(F)cn1. The number of carboxylic acids is 1. The number of benzene rings is 1. The summed E-state index contributed by atoms with van der Waals surface area (Å²) in [5.74, 6) is 0.180. The Morgan fingerprint density at radius 3 is 2.63 bits per heavy atom. The Bertz CT molecular complexity index is 846. The Balaban J connectivity index is 0.000000782. The molecule has 4 rings (SSSR count). The van der Waals surface area contributed by atoms with Gasteiger partial charge in [-0.25, -0.2) is 9.37 Å². The molecule has 1 aromatic heterocycles. The number of hydrogen-bond acceptors (Lipinski definition) is 4. The van der Waals surface area contributed by atoms with Crippen molar-refractivity contribution >= 4 is 5.97 Å². The molecule has 162 valence electrons. The molecule has 0 radical (unpaired) electrons. The van der Waals surface area contributed by atoms with Crippen molar-refractivity contribution in [1.29, 1.82) is 0 Å². The molecule has 2 aromatic rings. The van der Waals surface area contributed by atoms with Gasteiger partial charge in [0.15, 0.2) is 0 Å². The Morgan fingerprint density at radius 1 is 1.27 bits per heavy atom. The van der Waals surface area contributed by atoms with Crippen LogP contribution < -0.4 is 9.47 Å². The number of ether oxygens (including phenoxy) is 2. The van der Waals surface area contributed by atoms with Crippen molar-refractivity contribution in [3.05, 3.63) is 53.5 Å². The third-order valence-corrected chi connectivity index (χ3v) is 5.45. The van der Waals surface area contributed by atoms with Crippen molar-refractivity contribution in [2.24, 2.45) is 11.8 Å². The zero-order valence-corrected chi connectivity index (χ0v) is 17.6. The standard InChI is InChI=1S/C21H24FNO4.C3H6/c1-13(21(24)25)6-14-4-3-5-17(9-14)27-12-15-7-16(8-15)18-10-20(26-2)23-11-19(18)22;1-2-3-1/h3-5,9-11,13,15-16H,6-8,12H2,1-2H3,(H,24,25);1-3H2. The van der Waals surface area contributed by atoms with E-state index in [1.807, 2.05) is 24.3 Å². The lowest BCUT2D eigenvalue weighted by molar-refractivity contribution is -0.141. The average molecular weight is 416 g/mol. The number of rotatable bonds is 8. The molecule has 1 unspecified atom stereocenters. The molecule has 0 amide bonds. The number of nitrogens with zero attached hydrogens (tertiary/aromatic N) is 1. The van der Waals surface area contributed by atoms with E-state index in [9.17, 15) is 9.18 Å². The van der Waals surface area contributed by atoms with Crippen molar-refractivity contribution in [3.8, 4) is 11.6 Å². The van der Waals surface area contributed by atoms with Gasteiger partial charge in [-0.1, -0.05) is 38.3 Å². The second-order valence-electron chi connectivity index (χ2n) is 8.25. The van der Waals surface area contributed by atoms with Gasteiger partial charge in [-0.3, -0.25) is 4.79 Å². The first-order chi connectivity index (χ1) is 14.5. The largest absolute Gasteiger partial charge is 0.493 e. The maximum absolute atomic E-state index is 14.0. The van der Waals surface area contributed by atoms with Crippen LogP contribution in [0.15, 0.2) is 36.5 Å². The van der Waals surface area contributed by atoms with E-state index < -0.39 is 11.9 Å².